The van der Waals surface area contributed by atoms with Gasteiger partial charge in [-0.2, -0.15) is 0 Å². The maximum atomic E-state index is 13.1. The van der Waals surface area contributed by atoms with Crippen LogP contribution in [0.15, 0.2) is 18.2 Å². The van der Waals surface area contributed by atoms with E-state index in [1.165, 1.54) is 5.56 Å². The van der Waals surface area contributed by atoms with Gasteiger partial charge in [-0.3, -0.25) is 4.79 Å². The summed E-state index contributed by atoms with van der Waals surface area (Å²) in [6, 6.07) is 6.99. The monoisotopic (exact) mass is 330 g/mol. The van der Waals surface area contributed by atoms with Gasteiger partial charge in [-0.25, -0.2) is 0 Å². The third-order valence-electron chi connectivity index (χ3n) is 5.35. The third-order valence-corrected chi connectivity index (χ3v) is 5.35. The number of carbonyl (C=O) groups is 1. The van der Waals surface area contributed by atoms with Crippen molar-refractivity contribution in [3.63, 3.8) is 0 Å². The second kappa shape index (κ2) is 7.14. The molecular weight excluding hydrogens is 300 g/mol. The molecule has 2 saturated heterocycles. The van der Waals surface area contributed by atoms with Crippen molar-refractivity contribution < 1.29 is 9.53 Å². The van der Waals surface area contributed by atoms with Gasteiger partial charge in [0.25, 0.3) is 5.91 Å². The quantitative estimate of drug-likeness (QED) is 0.921. The van der Waals surface area contributed by atoms with Crippen molar-refractivity contribution in [2.75, 3.05) is 13.1 Å². The standard InChI is InChI=1S/C20H30N2O2/c1-13(2)18-8-5-14(3)11-19(18)24-15(4)20(23)22-16-6-7-17(22)12-21-10-9-16/h5,8,11,13,15-17,21H,6-7,9-10,12H2,1-4H3. The number of ether oxygens (including phenoxy) is 1. The first kappa shape index (κ1) is 17.3. The zero-order chi connectivity index (χ0) is 17.3. The topological polar surface area (TPSA) is 41.6 Å². The second-order valence-electron chi connectivity index (χ2n) is 7.58. The zero-order valence-corrected chi connectivity index (χ0v) is 15.3. The first-order valence-corrected chi connectivity index (χ1v) is 9.27. The molecule has 1 N–H and O–H groups in total. The van der Waals surface area contributed by atoms with Crippen LogP contribution in [0.2, 0.25) is 0 Å². The van der Waals surface area contributed by atoms with Crippen molar-refractivity contribution in [1.82, 2.24) is 10.2 Å². The number of fused-ring (bicyclic) bond motifs is 2. The van der Waals surface area contributed by atoms with Gasteiger partial charge in [0.15, 0.2) is 6.10 Å². The minimum atomic E-state index is -0.439. The van der Waals surface area contributed by atoms with Crippen molar-refractivity contribution in [1.29, 1.82) is 0 Å². The van der Waals surface area contributed by atoms with E-state index in [9.17, 15) is 4.79 Å². The number of nitrogens with zero attached hydrogens (tertiary/aromatic N) is 1. The summed E-state index contributed by atoms with van der Waals surface area (Å²) in [5, 5.41) is 3.45. The van der Waals surface area contributed by atoms with Crippen LogP contribution in [-0.4, -0.2) is 42.1 Å². The largest absolute Gasteiger partial charge is 0.481 e. The first-order valence-electron chi connectivity index (χ1n) is 9.27. The Hall–Kier alpha value is -1.55. The summed E-state index contributed by atoms with van der Waals surface area (Å²) in [6.45, 7) is 10.2. The van der Waals surface area contributed by atoms with Crippen molar-refractivity contribution in [2.45, 2.75) is 71.1 Å². The highest BCUT2D eigenvalue weighted by Gasteiger charge is 2.40. The molecular formula is C20H30N2O2. The maximum Gasteiger partial charge on any atom is 0.263 e. The summed E-state index contributed by atoms with van der Waals surface area (Å²) in [5.74, 6) is 1.37. The van der Waals surface area contributed by atoms with E-state index in [1.54, 1.807) is 0 Å². The number of aryl methyl sites for hydroxylation is 1. The number of hydrogen-bond donors (Lipinski definition) is 1. The molecule has 2 aliphatic rings. The molecule has 0 aromatic heterocycles. The normalized spacial score (nSPS) is 24.8. The summed E-state index contributed by atoms with van der Waals surface area (Å²) in [4.78, 5) is 15.2. The Bertz CT molecular complexity index is 585. The smallest absolute Gasteiger partial charge is 0.263 e. The summed E-state index contributed by atoms with van der Waals surface area (Å²) in [6.07, 6.45) is 2.85. The molecule has 4 nitrogen and oxygen atoms in total. The Morgan fingerprint density at radius 1 is 1.21 bits per heavy atom. The predicted molar refractivity (Wildman–Crippen MR) is 96.5 cm³/mol. The average Bonchev–Trinajstić information content (AvgIpc) is 2.79. The molecule has 1 aromatic carbocycles. The number of benzene rings is 1. The van der Waals surface area contributed by atoms with Gasteiger partial charge in [0.2, 0.25) is 0 Å². The Labute approximate surface area is 145 Å². The van der Waals surface area contributed by atoms with Crippen molar-refractivity contribution >= 4 is 5.91 Å². The molecule has 0 aliphatic carbocycles. The van der Waals surface area contributed by atoms with Crippen LogP contribution in [0.3, 0.4) is 0 Å². The minimum Gasteiger partial charge on any atom is -0.481 e. The fourth-order valence-electron chi connectivity index (χ4n) is 4.01. The molecule has 24 heavy (non-hydrogen) atoms. The van der Waals surface area contributed by atoms with Crippen LogP contribution in [0.5, 0.6) is 5.75 Å². The van der Waals surface area contributed by atoms with Crippen LogP contribution in [0.25, 0.3) is 0 Å². The average molecular weight is 330 g/mol. The molecule has 2 fully saturated rings. The molecule has 2 bridgehead atoms. The molecule has 3 unspecified atom stereocenters. The van der Waals surface area contributed by atoms with Gasteiger partial charge in [-0.05, 0) is 62.8 Å². The first-order chi connectivity index (χ1) is 11.5. The van der Waals surface area contributed by atoms with Gasteiger partial charge < -0.3 is 15.0 Å². The van der Waals surface area contributed by atoms with Crippen molar-refractivity contribution in [3.8, 4) is 5.75 Å². The highest BCUT2D eigenvalue weighted by atomic mass is 16.5. The SMILES string of the molecule is Cc1ccc(C(C)C)c(OC(C)C(=O)N2C3CCNCC2CC3)c1. The second-order valence-corrected chi connectivity index (χ2v) is 7.58. The highest BCUT2D eigenvalue weighted by Crippen LogP contribution is 2.31. The van der Waals surface area contributed by atoms with Gasteiger partial charge in [-0.15, -0.1) is 0 Å². The minimum absolute atomic E-state index is 0.141. The van der Waals surface area contributed by atoms with E-state index in [-0.39, 0.29) is 5.91 Å². The number of rotatable bonds is 4. The highest BCUT2D eigenvalue weighted by molar-refractivity contribution is 5.82. The summed E-state index contributed by atoms with van der Waals surface area (Å²) >= 11 is 0. The lowest BCUT2D eigenvalue weighted by atomic mass is 10.0. The van der Waals surface area contributed by atoms with Gasteiger partial charge in [0, 0.05) is 18.6 Å². The fourth-order valence-corrected chi connectivity index (χ4v) is 4.01. The Kier molecular flexibility index (Phi) is 5.14. The molecule has 0 spiro atoms. The molecule has 0 radical (unpaired) electrons. The molecule has 4 heteroatoms. The lowest BCUT2D eigenvalue weighted by Crippen LogP contribution is -2.48. The van der Waals surface area contributed by atoms with E-state index in [0.29, 0.717) is 18.0 Å². The summed E-state index contributed by atoms with van der Waals surface area (Å²) in [7, 11) is 0. The number of amides is 1. The third kappa shape index (κ3) is 3.44. The Morgan fingerprint density at radius 2 is 1.96 bits per heavy atom. The molecule has 1 amide bonds. The van der Waals surface area contributed by atoms with E-state index in [2.05, 4.69) is 49.2 Å². The van der Waals surface area contributed by atoms with Crippen molar-refractivity contribution in [3.05, 3.63) is 29.3 Å². The molecule has 3 atom stereocenters. The predicted octanol–water partition coefficient (Wildman–Crippen LogP) is 3.24. The fraction of sp³-hybridized carbons (Fsp3) is 0.650. The maximum absolute atomic E-state index is 13.1. The molecule has 132 valence electrons. The van der Waals surface area contributed by atoms with Crippen LogP contribution < -0.4 is 10.1 Å². The molecule has 0 saturated carbocycles. The van der Waals surface area contributed by atoms with Crippen LogP contribution in [-0.2, 0) is 4.79 Å². The van der Waals surface area contributed by atoms with Gasteiger partial charge >= 0.3 is 0 Å². The van der Waals surface area contributed by atoms with Gasteiger partial charge in [0.05, 0.1) is 0 Å². The molecule has 2 aliphatic heterocycles. The number of nitrogens with one attached hydrogen (secondary N) is 1. The number of hydrogen-bond acceptors (Lipinski definition) is 3. The number of carbonyl (C=O) groups excluding carboxylic acids is 1. The van der Waals surface area contributed by atoms with Crippen molar-refractivity contribution in [2.24, 2.45) is 0 Å². The lowest BCUT2D eigenvalue weighted by Gasteiger charge is -2.31. The lowest BCUT2D eigenvalue weighted by molar-refractivity contribution is -0.140. The molecule has 1 aromatic rings. The van der Waals surface area contributed by atoms with Crippen LogP contribution >= 0.6 is 0 Å². The van der Waals surface area contributed by atoms with E-state index in [4.69, 9.17) is 4.74 Å². The van der Waals surface area contributed by atoms with Crippen LogP contribution in [0, 0.1) is 6.92 Å². The van der Waals surface area contributed by atoms with E-state index in [1.807, 2.05) is 6.92 Å². The summed E-state index contributed by atoms with van der Waals surface area (Å²) in [5.41, 5.74) is 2.33. The van der Waals surface area contributed by atoms with E-state index in [0.717, 1.165) is 43.7 Å². The molecule has 2 heterocycles. The van der Waals surface area contributed by atoms with E-state index >= 15 is 0 Å². The summed E-state index contributed by atoms with van der Waals surface area (Å²) < 4.78 is 6.16. The van der Waals surface area contributed by atoms with Gasteiger partial charge in [-0.1, -0.05) is 26.0 Å². The zero-order valence-electron chi connectivity index (χ0n) is 15.3. The van der Waals surface area contributed by atoms with Crippen LogP contribution in [0.4, 0.5) is 0 Å². The van der Waals surface area contributed by atoms with E-state index < -0.39 is 6.10 Å². The Morgan fingerprint density at radius 3 is 2.71 bits per heavy atom. The van der Waals surface area contributed by atoms with Crippen LogP contribution in [0.1, 0.15) is 57.1 Å². The Balaban J connectivity index is 1.76. The molecule has 3 rings (SSSR count). The van der Waals surface area contributed by atoms with Gasteiger partial charge in [0.1, 0.15) is 5.75 Å².